The van der Waals surface area contributed by atoms with Gasteiger partial charge in [-0.3, -0.25) is 0 Å². The maximum Gasteiger partial charge on any atom is 3.00 e. The maximum absolute atomic E-state index is 6.25. The quantitative estimate of drug-likeness (QED) is 0.477. The number of hydrogen-bond donors (Lipinski definition) is 0. The first-order valence-corrected chi connectivity index (χ1v) is 0.894. The van der Waals surface area contributed by atoms with E-state index in [4.69, 9.17) is 47.3 Å². The first kappa shape index (κ1) is 47.4. The Morgan fingerprint density at radius 1 is 0.444 bits per heavy atom. The van der Waals surface area contributed by atoms with E-state index in [1.54, 1.807) is 0 Å². The third-order valence-corrected chi connectivity index (χ3v) is 0. The standard InChI is InChI=1S/4CN.Au/c4*1-2;/q4*-1;+3. The molecule has 0 aliphatic carbocycles. The Kier molecular flexibility index (Phi) is 679. The van der Waals surface area contributed by atoms with E-state index < -0.39 is 0 Å². The fraction of sp³-hybridized carbons (Fsp3) is 0. The molecular weight excluding hydrogens is 301 g/mol. The van der Waals surface area contributed by atoms with Crippen molar-refractivity contribution < 1.29 is 22.4 Å². The molecule has 0 bridgehead atoms. The Balaban J connectivity index is -0.00000000762. The van der Waals surface area contributed by atoms with Crippen LogP contribution in [0.1, 0.15) is 0 Å². The molecule has 0 unspecified atom stereocenters. The van der Waals surface area contributed by atoms with E-state index >= 15 is 0 Å². The van der Waals surface area contributed by atoms with E-state index in [-0.39, 0.29) is 22.4 Å². The largest absolute Gasteiger partial charge is 3.00 e. The van der Waals surface area contributed by atoms with Crippen LogP contribution in [-0.2, 0) is 22.4 Å². The Hall–Kier alpha value is -1.30. The van der Waals surface area contributed by atoms with Gasteiger partial charge in [0, 0.05) is 0 Å². The molecule has 48 valence electrons. The van der Waals surface area contributed by atoms with Crippen molar-refractivity contribution in [1.82, 2.24) is 0 Å². The van der Waals surface area contributed by atoms with Crippen LogP contribution in [-0.4, -0.2) is 0 Å². The topological polar surface area (TPSA) is 95.2 Å². The molecule has 0 aromatic carbocycles. The predicted molar refractivity (Wildman–Crippen MR) is 19.9 cm³/mol. The SMILES string of the molecule is [Au+3].[C-]#N.[C-]#N.[C-]#N.[C-]#N. The summed E-state index contributed by atoms with van der Waals surface area (Å²) in [5, 5.41) is 25.0. The van der Waals surface area contributed by atoms with Gasteiger partial charge in [-0.1, -0.05) is 0 Å². The fourth-order valence-electron chi connectivity index (χ4n) is 0. The summed E-state index contributed by atoms with van der Waals surface area (Å²) in [6.45, 7) is 19.0. The van der Waals surface area contributed by atoms with Crippen molar-refractivity contribution in [3.05, 3.63) is 26.3 Å². The number of nitrogens with zero attached hydrogens (tertiary/aromatic N) is 4. The van der Waals surface area contributed by atoms with Crippen LogP contribution in [0.25, 0.3) is 0 Å². The summed E-state index contributed by atoms with van der Waals surface area (Å²) in [4.78, 5) is 0. The average Bonchev–Trinajstić information content (AvgIpc) is 2.03. The minimum Gasteiger partial charge on any atom is -0.512 e. The second-order valence-electron chi connectivity index (χ2n) is 0. The molecule has 0 rings (SSSR count). The first-order valence-electron chi connectivity index (χ1n) is 0.894. The normalized spacial score (nSPS) is 0.889. The van der Waals surface area contributed by atoms with Crippen molar-refractivity contribution in [2.75, 3.05) is 0 Å². The summed E-state index contributed by atoms with van der Waals surface area (Å²) in [6.07, 6.45) is 0. The van der Waals surface area contributed by atoms with Crippen LogP contribution in [0.15, 0.2) is 0 Å². The molecule has 9 heavy (non-hydrogen) atoms. The van der Waals surface area contributed by atoms with Gasteiger partial charge in [-0.05, 0) is 0 Å². The molecule has 4 nitrogen and oxygen atoms in total. The van der Waals surface area contributed by atoms with Gasteiger partial charge in [-0.2, -0.15) is 0 Å². The minimum atomic E-state index is 0. The van der Waals surface area contributed by atoms with Gasteiger partial charge in [0.05, 0.1) is 0 Å². The number of rotatable bonds is 0. The number of hydrogen-bond acceptors (Lipinski definition) is 4. The third-order valence-electron chi connectivity index (χ3n) is 0. The molecule has 0 saturated carbocycles. The van der Waals surface area contributed by atoms with E-state index in [2.05, 4.69) is 0 Å². The fourth-order valence-corrected chi connectivity index (χ4v) is 0. The molecular formula is C4AuN4-. The van der Waals surface area contributed by atoms with Gasteiger partial charge < -0.3 is 47.3 Å². The Bertz CT molecular complexity index is 55.5. The van der Waals surface area contributed by atoms with E-state index in [1.165, 1.54) is 0 Å². The van der Waals surface area contributed by atoms with Crippen molar-refractivity contribution in [2.45, 2.75) is 0 Å². The molecule has 0 aliphatic rings. The van der Waals surface area contributed by atoms with Crippen molar-refractivity contribution in [3.8, 4) is 0 Å². The maximum atomic E-state index is 6.25. The molecule has 0 aliphatic heterocycles. The van der Waals surface area contributed by atoms with Crippen molar-refractivity contribution in [1.29, 1.82) is 21.0 Å². The van der Waals surface area contributed by atoms with Crippen LogP contribution in [0.5, 0.6) is 0 Å². The predicted octanol–water partition coefficient (Wildman–Crippen LogP) is 0.383. The monoisotopic (exact) mass is 301 g/mol. The molecule has 0 fully saturated rings. The van der Waals surface area contributed by atoms with Crippen LogP contribution < -0.4 is 0 Å². The van der Waals surface area contributed by atoms with Crippen LogP contribution in [0, 0.1) is 47.3 Å². The van der Waals surface area contributed by atoms with Gasteiger partial charge in [0.15, 0.2) is 0 Å². The van der Waals surface area contributed by atoms with Crippen molar-refractivity contribution in [3.63, 3.8) is 0 Å². The van der Waals surface area contributed by atoms with E-state index in [0.717, 1.165) is 0 Å². The second-order valence-corrected chi connectivity index (χ2v) is 0. The summed E-state index contributed by atoms with van der Waals surface area (Å²) >= 11 is 0. The molecule has 0 amide bonds. The van der Waals surface area contributed by atoms with E-state index in [1.807, 2.05) is 0 Å². The van der Waals surface area contributed by atoms with E-state index in [9.17, 15) is 0 Å². The zero-order valence-electron chi connectivity index (χ0n) is 4.09. The van der Waals surface area contributed by atoms with Crippen LogP contribution in [0.4, 0.5) is 0 Å². The molecule has 5 heteroatoms. The summed E-state index contributed by atoms with van der Waals surface area (Å²) in [5.41, 5.74) is 0. The summed E-state index contributed by atoms with van der Waals surface area (Å²) in [7, 11) is 0. The van der Waals surface area contributed by atoms with Crippen molar-refractivity contribution in [2.24, 2.45) is 0 Å². The van der Waals surface area contributed by atoms with E-state index in [0.29, 0.717) is 0 Å². The van der Waals surface area contributed by atoms with Gasteiger partial charge in [0.25, 0.3) is 0 Å². The van der Waals surface area contributed by atoms with Crippen LogP contribution >= 0.6 is 0 Å². The van der Waals surface area contributed by atoms with Gasteiger partial charge in [0.2, 0.25) is 0 Å². The molecule has 0 spiro atoms. The second kappa shape index (κ2) is 129. The smallest absolute Gasteiger partial charge is 0.512 e. The molecule has 0 saturated heterocycles. The van der Waals surface area contributed by atoms with Crippen LogP contribution in [0.2, 0.25) is 0 Å². The minimum absolute atomic E-state index is 0. The molecule has 0 aromatic heterocycles. The Labute approximate surface area is 70.1 Å². The zero-order chi connectivity index (χ0) is 8.00. The van der Waals surface area contributed by atoms with Gasteiger partial charge in [-0.25, -0.2) is 0 Å². The molecule has 0 atom stereocenters. The third kappa shape index (κ3) is 87.6. The van der Waals surface area contributed by atoms with Gasteiger partial charge in [0.1, 0.15) is 0 Å². The molecule has 0 radical (unpaired) electrons. The summed E-state index contributed by atoms with van der Waals surface area (Å²) in [6, 6.07) is 0. The van der Waals surface area contributed by atoms with Gasteiger partial charge in [-0.15, -0.1) is 0 Å². The van der Waals surface area contributed by atoms with Gasteiger partial charge >= 0.3 is 22.4 Å². The first-order chi connectivity index (χ1) is 4.00. The summed E-state index contributed by atoms with van der Waals surface area (Å²) in [5.74, 6) is 0. The molecule has 0 aromatic rings. The summed E-state index contributed by atoms with van der Waals surface area (Å²) < 4.78 is 0. The zero-order valence-corrected chi connectivity index (χ0v) is 6.26. The molecule has 0 heterocycles. The molecule has 0 N–H and O–H groups in total. The Morgan fingerprint density at radius 3 is 0.444 bits per heavy atom. The average molecular weight is 301 g/mol. The van der Waals surface area contributed by atoms with Crippen molar-refractivity contribution >= 4 is 0 Å². The Morgan fingerprint density at radius 2 is 0.444 bits per heavy atom. The van der Waals surface area contributed by atoms with Crippen LogP contribution in [0.3, 0.4) is 0 Å².